The average molecular weight is 421 g/mol. The van der Waals surface area contributed by atoms with Gasteiger partial charge in [0.05, 0.1) is 11.8 Å². The molecule has 30 heavy (non-hydrogen) atoms. The van der Waals surface area contributed by atoms with Gasteiger partial charge in [-0.3, -0.25) is 24.6 Å². The molecule has 0 atom stereocenters. The average Bonchev–Trinajstić information content (AvgIpc) is 3.28. The van der Waals surface area contributed by atoms with Gasteiger partial charge in [0.25, 0.3) is 11.5 Å². The van der Waals surface area contributed by atoms with Crippen LogP contribution in [0.2, 0.25) is 0 Å². The van der Waals surface area contributed by atoms with Crippen LogP contribution in [0.3, 0.4) is 0 Å². The Labute approximate surface area is 174 Å². The fourth-order valence-corrected chi connectivity index (χ4v) is 3.14. The second-order valence-electron chi connectivity index (χ2n) is 6.10. The number of aromatic nitrogens is 3. The van der Waals surface area contributed by atoms with Crippen LogP contribution < -0.4 is 16.2 Å². The molecule has 0 spiro atoms. The third-order valence-electron chi connectivity index (χ3n) is 4.07. The Balaban J connectivity index is 1.51. The predicted molar refractivity (Wildman–Crippen MR) is 112 cm³/mol. The lowest BCUT2D eigenvalue weighted by molar-refractivity contribution is 0.102. The number of anilines is 2. The molecule has 4 rings (SSSR count). The molecule has 2 N–H and O–H groups in total. The topological polar surface area (TPSA) is 115 Å². The fraction of sp³-hybridized carbons (Fsp3) is 0.0500. The van der Waals surface area contributed by atoms with Crippen molar-refractivity contribution in [2.45, 2.75) is 6.61 Å². The summed E-state index contributed by atoms with van der Waals surface area (Å²) in [4.78, 5) is 45.3. The first-order chi connectivity index (χ1) is 14.6. The lowest BCUT2D eigenvalue weighted by Gasteiger charge is -2.09. The molecule has 0 aliphatic rings. The van der Waals surface area contributed by atoms with Crippen molar-refractivity contribution in [3.63, 3.8) is 0 Å². The molecular formula is C20H15N5O4S. The maximum atomic E-state index is 12.7. The summed E-state index contributed by atoms with van der Waals surface area (Å²) in [5.74, 6) is -0.417. The van der Waals surface area contributed by atoms with Gasteiger partial charge in [0.2, 0.25) is 0 Å². The van der Waals surface area contributed by atoms with E-state index in [0.29, 0.717) is 10.8 Å². The van der Waals surface area contributed by atoms with Crippen LogP contribution in [0.4, 0.5) is 15.6 Å². The first-order valence-corrected chi connectivity index (χ1v) is 9.68. The van der Waals surface area contributed by atoms with Gasteiger partial charge < -0.3 is 4.74 Å². The molecule has 0 radical (unpaired) electrons. The molecule has 9 nitrogen and oxygen atoms in total. The summed E-state index contributed by atoms with van der Waals surface area (Å²) >= 11 is 1.28. The highest BCUT2D eigenvalue weighted by Gasteiger charge is 2.13. The number of ether oxygens (including phenoxy) is 1. The smallest absolute Gasteiger partial charge is 0.412 e. The SMILES string of the molecule is O=C(Nc1cnc2ccc(C(=O)Nc3nccs3)cn2c1=O)OCc1ccccc1. The molecule has 0 saturated carbocycles. The maximum absolute atomic E-state index is 12.7. The number of benzene rings is 1. The second-order valence-corrected chi connectivity index (χ2v) is 7.00. The van der Waals surface area contributed by atoms with Crippen molar-refractivity contribution < 1.29 is 14.3 Å². The fourth-order valence-electron chi connectivity index (χ4n) is 2.62. The summed E-state index contributed by atoms with van der Waals surface area (Å²) in [6, 6.07) is 12.2. The molecule has 10 heteroatoms. The minimum Gasteiger partial charge on any atom is -0.444 e. The highest BCUT2D eigenvalue weighted by molar-refractivity contribution is 7.13. The zero-order chi connectivity index (χ0) is 20.9. The summed E-state index contributed by atoms with van der Waals surface area (Å²) in [6.45, 7) is 0.0656. The van der Waals surface area contributed by atoms with Crippen molar-refractivity contribution in [3.05, 3.63) is 87.9 Å². The van der Waals surface area contributed by atoms with E-state index in [4.69, 9.17) is 4.74 Å². The normalized spacial score (nSPS) is 10.5. The third-order valence-corrected chi connectivity index (χ3v) is 4.76. The molecule has 3 aromatic heterocycles. The van der Waals surface area contributed by atoms with Crippen LogP contribution in [-0.2, 0) is 11.3 Å². The second kappa shape index (κ2) is 8.53. The number of carbonyl (C=O) groups is 2. The monoisotopic (exact) mass is 421 g/mol. The van der Waals surface area contributed by atoms with E-state index in [1.54, 1.807) is 17.6 Å². The zero-order valence-electron chi connectivity index (χ0n) is 15.4. The minimum atomic E-state index is -0.782. The van der Waals surface area contributed by atoms with Crippen LogP contribution >= 0.6 is 11.3 Å². The number of fused-ring (bicyclic) bond motifs is 1. The number of hydrogen-bond donors (Lipinski definition) is 2. The van der Waals surface area contributed by atoms with Crippen molar-refractivity contribution in [1.82, 2.24) is 14.4 Å². The molecule has 0 fully saturated rings. The molecule has 0 aliphatic carbocycles. The Kier molecular flexibility index (Phi) is 5.48. The van der Waals surface area contributed by atoms with Crippen molar-refractivity contribution in [2.24, 2.45) is 0 Å². The number of carbonyl (C=O) groups excluding carboxylic acids is 2. The van der Waals surface area contributed by atoms with Gasteiger partial charge in [0, 0.05) is 17.8 Å². The van der Waals surface area contributed by atoms with Crippen LogP contribution in [0, 0.1) is 0 Å². The van der Waals surface area contributed by atoms with E-state index in [9.17, 15) is 14.4 Å². The summed E-state index contributed by atoms with van der Waals surface area (Å²) in [7, 11) is 0. The van der Waals surface area contributed by atoms with Gasteiger partial charge in [-0.25, -0.2) is 14.8 Å². The Hall–Kier alpha value is -4.05. The number of hydrogen-bond acceptors (Lipinski definition) is 7. The van der Waals surface area contributed by atoms with E-state index in [0.717, 1.165) is 5.56 Å². The van der Waals surface area contributed by atoms with E-state index in [-0.39, 0.29) is 17.9 Å². The molecule has 1 aromatic carbocycles. The molecular weight excluding hydrogens is 406 g/mol. The van der Waals surface area contributed by atoms with Gasteiger partial charge >= 0.3 is 6.09 Å². The van der Waals surface area contributed by atoms with E-state index >= 15 is 0 Å². The number of thiazole rings is 1. The van der Waals surface area contributed by atoms with Crippen molar-refractivity contribution >= 4 is 39.8 Å². The molecule has 150 valence electrons. The molecule has 0 saturated heterocycles. The van der Waals surface area contributed by atoms with E-state index in [1.807, 2.05) is 30.3 Å². The summed E-state index contributed by atoms with van der Waals surface area (Å²) in [6.07, 6.45) is 3.39. The number of pyridine rings is 1. The molecule has 0 unspecified atom stereocenters. The Morgan fingerprint density at radius 3 is 2.67 bits per heavy atom. The number of nitrogens with zero attached hydrogens (tertiary/aromatic N) is 3. The first-order valence-electron chi connectivity index (χ1n) is 8.80. The van der Waals surface area contributed by atoms with Gasteiger partial charge in [-0.2, -0.15) is 0 Å². The molecule has 0 aliphatic heterocycles. The Bertz CT molecular complexity index is 1260. The van der Waals surface area contributed by atoms with Crippen LogP contribution in [0.1, 0.15) is 15.9 Å². The van der Waals surface area contributed by atoms with Crippen LogP contribution in [0.25, 0.3) is 5.65 Å². The third kappa shape index (κ3) is 4.33. The largest absolute Gasteiger partial charge is 0.444 e. The number of amides is 2. The molecule has 4 aromatic rings. The molecule has 2 amide bonds. The quantitative estimate of drug-likeness (QED) is 0.512. The van der Waals surface area contributed by atoms with Crippen LogP contribution in [-0.4, -0.2) is 26.4 Å². The Morgan fingerprint density at radius 1 is 1.07 bits per heavy atom. The van der Waals surface area contributed by atoms with E-state index < -0.39 is 17.6 Å². The number of rotatable bonds is 5. The highest BCUT2D eigenvalue weighted by atomic mass is 32.1. The highest BCUT2D eigenvalue weighted by Crippen LogP contribution is 2.13. The minimum absolute atomic E-state index is 0.0656. The van der Waals surface area contributed by atoms with E-state index in [2.05, 4.69) is 20.6 Å². The van der Waals surface area contributed by atoms with Gasteiger partial charge in [0.1, 0.15) is 17.9 Å². The predicted octanol–water partition coefficient (Wildman–Crippen LogP) is 3.15. The lowest BCUT2D eigenvalue weighted by atomic mass is 10.2. The summed E-state index contributed by atoms with van der Waals surface area (Å²) in [5, 5.41) is 7.22. The van der Waals surface area contributed by atoms with E-state index in [1.165, 1.54) is 34.2 Å². The lowest BCUT2D eigenvalue weighted by Crippen LogP contribution is -2.24. The van der Waals surface area contributed by atoms with Gasteiger partial charge in [-0.05, 0) is 17.7 Å². The number of nitrogens with one attached hydrogen (secondary N) is 2. The summed E-state index contributed by atoms with van der Waals surface area (Å²) < 4.78 is 6.31. The summed E-state index contributed by atoms with van der Waals surface area (Å²) in [5.41, 5.74) is 0.778. The maximum Gasteiger partial charge on any atom is 0.412 e. The molecule has 3 heterocycles. The molecule has 0 bridgehead atoms. The Morgan fingerprint density at radius 2 is 1.90 bits per heavy atom. The van der Waals surface area contributed by atoms with Gasteiger partial charge in [0.15, 0.2) is 5.13 Å². The van der Waals surface area contributed by atoms with Crippen LogP contribution in [0.15, 0.2) is 71.2 Å². The standard InChI is InChI=1S/C20H15N5O4S/c26-17(24-19-21-8-9-30-19)14-6-7-16-22-10-15(18(27)25(16)11-14)23-20(28)29-12-13-4-2-1-3-5-13/h1-11H,12H2,(H,23,28)(H,21,24,26). The van der Waals surface area contributed by atoms with Crippen molar-refractivity contribution in [2.75, 3.05) is 10.6 Å². The van der Waals surface area contributed by atoms with Gasteiger partial charge in [-0.15, -0.1) is 11.3 Å². The van der Waals surface area contributed by atoms with Crippen molar-refractivity contribution in [3.8, 4) is 0 Å². The van der Waals surface area contributed by atoms with Gasteiger partial charge in [-0.1, -0.05) is 30.3 Å². The van der Waals surface area contributed by atoms with Crippen molar-refractivity contribution in [1.29, 1.82) is 0 Å². The first kappa shape index (κ1) is 19.3. The zero-order valence-corrected chi connectivity index (χ0v) is 16.3. The van der Waals surface area contributed by atoms with Crippen LogP contribution in [0.5, 0.6) is 0 Å².